The number of carbonyl (C=O) groups excluding carboxylic acids is 2. The Kier molecular flexibility index (Phi) is 14.1. The van der Waals surface area contributed by atoms with Gasteiger partial charge in [-0.15, -0.1) is 0 Å². The van der Waals surface area contributed by atoms with Gasteiger partial charge < -0.3 is 49.3 Å². The van der Waals surface area contributed by atoms with Gasteiger partial charge in [-0.3, -0.25) is 42.5 Å². The van der Waals surface area contributed by atoms with E-state index in [1.807, 2.05) is 4.98 Å². The van der Waals surface area contributed by atoms with E-state index in [4.69, 9.17) is 9.47 Å². The first-order valence-electron chi connectivity index (χ1n) is 11.7. The number of nitrogens with one attached hydrogen (secondary N) is 1. The molecule has 0 saturated carbocycles. The maximum atomic E-state index is 12.5. The molecule has 3 aliphatic heterocycles. The molecule has 0 aliphatic carbocycles. The van der Waals surface area contributed by atoms with Crippen LogP contribution in [0.15, 0.2) is 34.0 Å². The summed E-state index contributed by atoms with van der Waals surface area (Å²) in [5.74, 6) is -2.15. The topological polar surface area (TPSA) is 320 Å². The molecule has 0 spiro atoms. The van der Waals surface area contributed by atoms with Crippen molar-refractivity contribution in [3.8, 4) is 0 Å². The van der Waals surface area contributed by atoms with Gasteiger partial charge in [0, 0.05) is 24.4 Å². The first-order chi connectivity index (χ1) is 19.5. The van der Waals surface area contributed by atoms with Crippen LogP contribution < -0.4 is 80.2 Å². The number of H-pyrrole nitrogens is 1. The van der Waals surface area contributed by atoms with Crippen LogP contribution in [0.2, 0.25) is 0 Å². The second-order valence-corrected chi connectivity index (χ2v) is 11.9. The molecule has 0 aromatic carbocycles. The quantitative estimate of drug-likeness (QED) is 0.0754. The Labute approximate surface area is 289 Å². The van der Waals surface area contributed by atoms with Crippen LogP contribution in [0.4, 0.5) is 0 Å². The monoisotopic (exact) mass is 689 g/mol. The smallest absolute Gasteiger partial charge is 0.756 e. The van der Waals surface area contributed by atoms with Gasteiger partial charge in [-0.1, -0.05) is 0 Å². The van der Waals surface area contributed by atoms with E-state index in [-0.39, 0.29) is 64.0 Å². The Morgan fingerprint density at radius 2 is 1.48 bits per heavy atom. The van der Waals surface area contributed by atoms with Crippen LogP contribution in [0.1, 0.15) is 6.23 Å². The number of imide groups is 1. The molecule has 1 aromatic rings. The van der Waals surface area contributed by atoms with Crippen molar-refractivity contribution < 1.29 is 136 Å². The van der Waals surface area contributed by atoms with Gasteiger partial charge in [-0.2, -0.15) is 0 Å². The van der Waals surface area contributed by atoms with E-state index in [1.165, 1.54) is 0 Å². The average Bonchev–Trinajstić information content (AvgIpc) is 3.37. The summed E-state index contributed by atoms with van der Waals surface area (Å²) < 4.78 is 48.7. The number of aromatic amines is 1. The van der Waals surface area contributed by atoms with Gasteiger partial charge in [0.1, 0.15) is 42.7 Å². The molecule has 3 aliphatic rings. The van der Waals surface area contributed by atoms with Gasteiger partial charge in [0.25, 0.3) is 33.0 Å². The number of amides is 2. The summed E-state index contributed by atoms with van der Waals surface area (Å²) in [6, 6.07) is -1.17. The molecule has 2 amide bonds. The fourth-order valence-electron chi connectivity index (χ4n) is 4.32. The SMILES string of the molecule is O=C1C=CC(=O)N1C1C(OP(=O)([O-])OP(=O)([O-])OCC2OC(n3ccc(=O)[nH]c3=O)C(O)C2O)OC(CO)C(O)C1O.[Na+].[Na+]. The third kappa shape index (κ3) is 8.71. The Bertz CT molecular complexity index is 1440. The number of ether oxygens (including phenoxy) is 2. The van der Waals surface area contributed by atoms with Crippen molar-refractivity contribution in [2.45, 2.75) is 55.2 Å². The summed E-state index contributed by atoms with van der Waals surface area (Å²) >= 11 is 0. The summed E-state index contributed by atoms with van der Waals surface area (Å²) in [5, 5.41) is 50.4. The number of aromatic nitrogens is 2. The van der Waals surface area contributed by atoms with Crippen LogP contribution in [0.25, 0.3) is 0 Å². The van der Waals surface area contributed by atoms with Gasteiger partial charge in [-0.25, -0.2) is 9.11 Å². The van der Waals surface area contributed by atoms with Crippen molar-refractivity contribution in [1.29, 1.82) is 0 Å². The van der Waals surface area contributed by atoms with Crippen molar-refractivity contribution >= 4 is 27.5 Å². The zero-order chi connectivity index (χ0) is 31.1. The predicted molar refractivity (Wildman–Crippen MR) is 123 cm³/mol. The molecule has 0 radical (unpaired) electrons. The van der Waals surface area contributed by atoms with Gasteiger partial charge in [0.05, 0.1) is 13.2 Å². The molecule has 21 nitrogen and oxygen atoms in total. The molecule has 0 bridgehead atoms. The summed E-state index contributed by atoms with van der Waals surface area (Å²) in [5.41, 5.74) is -1.82. The first kappa shape index (κ1) is 39.7. The molecular formula is C19H23N3Na2O18P2. The van der Waals surface area contributed by atoms with E-state index >= 15 is 0 Å². The summed E-state index contributed by atoms with van der Waals surface area (Å²) in [4.78, 5) is 74.4. The number of hydrogen-bond acceptors (Lipinski definition) is 18. The van der Waals surface area contributed by atoms with Crippen LogP contribution in [0.3, 0.4) is 0 Å². The van der Waals surface area contributed by atoms with E-state index in [2.05, 4.69) is 13.4 Å². The van der Waals surface area contributed by atoms with Crippen LogP contribution in [0.5, 0.6) is 0 Å². The van der Waals surface area contributed by atoms with E-state index in [9.17, 15) is 63.6 Å². The third-order valence-electron chi connectivity index (χ3n) is 6.28. The second-order valence-electron chi connectivity index (χ2n) is 9.02. The van der Waals surface area contributed by atoms with Crippen molar-refractivity contribution in [1.82, 2.24) is 14.5 Å². The molecule has 6 N–H and O–H groups in total. The van der Waals surface area contributed by atoms with Gasteiger partial charge in [0.15, 0.2) is 12.5 Å². The fourth-order valence-corrected chi connectivity index (χ4v) is 6.40. The van der Waals surface area contributed by atoms with Crippen molar-refractivity contribution in [3.05, 3.63) is 45.3 Å². The minimum Gasteiger partial charge on any atom is -0.756 e. The minimum absolute atomic E-state index is 0. The molecule has 11 atom stereocenters. The molecule has 1 aromatic heterocycles. The second kappa shape index (κ2) is 15.6. The number of carbonyl (C=O) groups is 2. The van der Waals surface area contributed by atoms with Gasteiger partial charge in [0.2, 0.25) is 0 Å². The maximum Gasteiger partial charge on any atom is 1.00 e. The Morgan fingerprint density at radius 3 is 2.05 bits per heavy atom. The summed E-state index contributed by atoms with van der Waals surface area (Å²) in [7, 11) is -12.0. The Hall–Kier alpha value is -0.460. The molecule has 234 valence electrons. The zero-order valence-corrected chi connectivity index (χ0v) is 28.5. The molecule has 2 fully saturated rings. The predicted octanol–water partition coefficient (Wildman–Crippen LogP) is -12.1. The van der Waals surface area contributed by atoms with E-state index in [0.717, 1.165) is 24.4 Å². The Morgan fingerprint density at radius 1 is 0.886 bits per heavy atom. The number of rotatable bonds is 10. The van der Waals surface area contributed by atoms with E-state index < -0.39 is 107 Å². The van der Waals surface area contributed by atoms with Crippen LogP contribution in [-0.4, -0.2) is 114 Å². The number of aliphatic hydroxyl groups excluding tert-OH is 5. The van der Waals surface area contributed by atoms with Crippen molar-refractivity contribution in [2.24, 2.45) is 0 Å². The van der Waals surface area contributed by atoms with Crippen molar-refractivity contribution in [3.63, 3.8) is 0 Å². The molecule has 25 heteroatoms. The minimum atomic E-state index is -6.09. The van der Waals surface area contributed by atoms with Gasteiger partial charge in [-0.05, 0) is 0 Å². The van der Waals surface area contributed by atoms with Crippen LogP contribution >= 0.6 is 15.6 Å². The standard InChI is InChI=1S/C19H25N3O18P2.2Na/c23-5-7-13(27)15(29)12(22-10(25)1-2-11(22)26)18(38-7)39-42(34,35)40-41(32,33)36-6-8-14(28)16(30)17(37-8)21-4-3-9(24)20-19(21)31;;/h1-4,7-8,12-18,23,27-30H,5-6H2,(H,32,33)(H,34,35)(H,20,24,31);;/q;2*+1/p-2. The van der Waals surface area contributed by atoms with Crippen LogP contribution in [0, 0.1) is 0 Å². The average molecular weight is 689 g/mol. The zero-order valence-electron chi connectivity index (χ0n) is 22.8. The number of phosphoric ester groups is 2. The van der Waals surface area contributed by atoms with Crippen LogP contribution in [-0.2, 0) is 41.6 Å². The molecule has 44 heavy (non-hydrogen) atoms. The Balaban J connectivity index is 0.00000337. The van der Waals surface area contributed by atoms with Gasteiger partial charge >= 0.3 is 64.8 Å². The maximum absolute atomic E-state index is 12.5. The summed E-state index contributed by atoms with van der Waals surface area (Å²) in [6.45, 7) is -2.18. The number of hydrogen-bond donors (Lipinski definition) is 6. The van der Waals surface area contributed by atoms with E-state index in [0.29, 0.717) is 4.57 Å². The van der Waals surface area contributed by atoms with E-state index in [1.54, 1.807) is 0 Å². The largest absolute Gasteiger partial charge is 1.00 e. The van der Waals surface area contributed by atoms with Crippen molar-refractivity contribution in [2.75, 3.05) is 13.2 Å². The molecule has 2 saturated heterocycles. The normalized spacial score (nSPS) is 34.6. The third-order valence-corrected chi connectivity index (χ3v) is 8.81. The molecule has 4 heterocycles. The molecular weight excluding hydrogens is 666 g/mol. The number of nitrogens with zero attached hydrogens (tertiary/aromatic N) is 2. The summed E-state index contributed by atoms with van der Waals surface area (Å²) in [6.07, 6.45) is -12.8. The molecule has 11 unspecified atom stereocenters. The fraction of sp³-hybridized carbons (Fsp3) is 0.579. The first-order valence-corrected chi connectivity index (χ1v) is 14.6. The molecule has 4 rings (SSSR count). The number of phosphoric acid groups is 2. The number of aliphatic hydroxyl groups is 5.